The maximum atomic E-state index is 12.3. The van der Waals surface area contributed by atoms with E-state index < -0.39 is 22.5 Å². The van der Waals surface area contributed by atoms with Crippen molar-refractivity contribution in [1.29, 1.82) is 0 Å². The molecule has 1 atom stereocenters. The summed E-state index contributed by atoms with van der Waals surface area (Å²) < 4.78 is 41.7. The summed E-state index contributed by atoms with van der Waals surface area (Å²) in [7, 11) is -3.72. The number of rotatable bonds is 7. The number of esters is 1. The van der Waals surface area contributed by atoms with Crippen molar-refractivity contribution in [2.24, 2.45) is 0 Å². The molecule has 1 aromatic carbocycles. The highest BCUT2D eigenvalue weighted by atomic mass is 32.3. The molecule has 20 heavy (non-hydrogen) atoms. The summed E-state index contributed by atoms with van der Waals surface area (Å²) in [5.41, 5.74) is 0.755. The minimum Gasteiger partial charge on any atom is -0.468 e. The van der Waals surface area contributed by atoms with Crippen LogP contribution in [0.25, 0.3) is 0 Å². The molecule has 0 heterocycles. The summed E-state index contributed by atoms with van der Waals surface area (Å²) in [6.45, 7) is 2.46. The molecule has 0 aliphatic carbocycles. The van der Waals surface area contributed by atoms with Crippen LogP contribution in [0.2, 0.25) is 0 Å². The van der Waals surface area contributed by atoms with Crippen molar-refractivity contribution in [3.8, 4) is 5.75 Å². The van der Waals surface area contributed by atoms with Crippen molar-refractivity contribution in [3.63, 3.8) is 0 Å². The molecule has 0 radical (unpaired) electrons. The second-order valence-electron chi connectivity index (χ2n) is 3.96. The minimum atomic E-state index is -5.03. The van der Waals surface area contributed by atoms with Crippen molar-refractivity contribution in [2.75, 3.05) is 13.7 Å². The summed E-state index contributed by atoms with van der Waals surface area (Å²) in [5.74, 6) is -0.521. The third kappa shape index (κ3) is 5.54. The second kappa shape index (κ2) is 7.20. The number of hydrogen-bond acceptors (Lipinski definition) is 6. The smallest absolute Gasteiger partial charge is 0.468 e. The van der Waals surface area contributed by atoms with E-state index in [0.717, 1.165) is 5.56 Å². The van der Waals surface area contributed by atoms with E-state index in [4.69, 9.17) is 0 Å². The summed E-state index contributed by atoms with van der Waals surface area (Å²) in [5, 5.41) is 2.97. The van der Waals surface area contributed by atoms with Crippen molar-refractivity contribution in [3.05, 3.63) is 29.8 Å². The van der Waals surface area contributed by atoms with E-state index in [2.05, 4.69) is 14.2 Å². The summed E-state index contributed by atoms with van der Waals surface area (Å²) in [6, 6.07) is 5.22. The normalized spacial score (nSPS) is 12.8. The monoisotopic (exact) mass is 305 g/mol. The van der Waals surface area contributed by atoms with Crippen LogP contribution in [0.15, 0.2) is 24.3 Å². The first-order valence-electron chi connectivity index (χ1n) is 5.90. The molecule has 0 aliphatic rings. The lowest BCUT2D eigenvalue weighted by atomic mass is 10.1. The first kappa shape index (κ1) is 16.4. The van der Waals surface area contributed by atoms with Gasteiger partial charge in [-0.1, -0.05) is 22.9 Å². The zero-order chi connectivity index (χ0) is 15.2. The van der Waals surface area contributed by atoms with E-state index in [9.17, 15) is 17.1 Å². The van der Waals surface area contributed by atoms with Crippen LogP contribution in [0.5, 0.6) is 5.75 Å². The van der Waals surface area contributed by atoms with Gasteiger partial charge in [0.2, 0.25) is 0 Å². The van der Waals surface area contributed by atoms with Crippen LogP contribution in [0, 0.1) is 0 Å². The van der Waals surface area contributed by atoms with Crippen molar-refractivity contribution in [1.82, 2.24) is 5.32 Å². The molecule has 8 heteroatoms. The van der Waals surface area contributed by atoms with Crippen LogP contribution in [-0.2, 0) is 26.5 Å². The van der Waals surface area contributed by atoms with Crippen molar-refractivity contribution < 1.29 is 26.0 Å². The highest BCUT2D eigenvalue weighted by Gasteiger charge is 2.18. The number of hydrogen-bond donors (Lipinski definition) is 1. The lowest BCUT2D eigenvalue weighted by molar-refractivity contribution is -0.143. The molecule has 0 fully saturated rings. The first-order chi connectivity index (χ1) is 9.35. The fourth-order valence-corrected chi connectivity index (χ4v) is 2.00. The van der Waals surface area contributed by atoms with Gasteiger partial charge in [0.15, 0.2) is 0 Å². The van der Waals surface area contributed by atoms with E-state index >= 15 is 0 Å². The molecule has 1 aromatic rings. The second-order valence-corrected chi connectivity index (χ2v) is 4.91. The standard InChI is InChI=1S/C12H16FNO5S/c1-3-14-11(12(15)18-2)8-9-4-6-10(7-5-9)19-20(13,16)17/h4-7,11,14H,3,8H2,1-2H3. The van der Waals surface area contributed by atoms with Gasteiger partial charge < -0.3 is 14.2 Å². The van der Waals surface area contributed by atoms with Gasteiger partial charge in [0, 0.05) is 0 Å². The summed E-state index contributed by atoms with van der Waals surface area (Å²) in [6.07, 6.45) is 0.364. The van der Waals surface area contributed by atoms with Crippen LogP contribution in [0.4, 0.5) is 3.89 Å². The fraction of sp³-hybridized carbons (Fsp3) is 0.417. The maximum Gasteiger partial charge on any atom is 0.488 e. The van der Waals surface area contributed by atoms with Gasteiger partial charge in [-0.05, 0) is 30.7 Å². The third-order valence-corrected chi connectivity index (χ3v) is 2.89. The van der Waals surface area contributed by atoms with Gasteiger partial charge in [0.1, 0.15) is 11.8 Å². The molecule has 6 nitrogen and oxygen atoms in total. The molecule has 0 saturated heterocycles. The third-order valence-electron chi connectivity index (χ3n) is 2.50. The van der Waals surface area contributed by atoms with Crippen LogP contribution in [0.3, 0.4) is 0 Å². The Morgan fingerprint density at radius 2 is 1.95 bits per heavy atom. The van der Waals surface area contributed by atoms with E-state index in [1.54, 1.807) is 12.1 Å². The lowest BCUT2D eigenvalue weighted by Crippen LogP contribution is -2.39. The molecular weight excluding hydrogens is 289 g/mol. The zero-order valence-electron chi connectivity index (χ0n) is 11.1. The Balaban J connectivity index is 2.75. The Morgan fingerprint density at radius 3 is 2.40 bits per heavy atom. The topological polar surface area (TPSA) is 81.7 Å². The number of methoxy groups -OCH3 is 1. The van der Waals surface area contributed by atoms with Crippen LogP contribution >= 0.6 is 0 Å². The SMILES string of the molecule is CCNC(Cc1ccc(OS(=O)(=O)F)cc1)C(=O)OC. The number of likely N-dealkylation sites (N-methyl/N-ethyl adjacent to an activating group) is 1. The lowest BCUT2D eigenvalue weighted by Gasteiger charge is -2.15. The molecule has 1 N–H and O–H groups in total. The van der Waals surface area contributed by atoms with Gasteiger partial charge in [0.05, 0.1) is 7.11 Å². The molecule has 1 rings (SSSR count). The summed E-state index contributed by atoms with van der Waals surface area (Å²) >= 11 is 0. The van der Waals surface area contributed by atoms with Crippen molar-refractivity contribution in [2.45, 2.75) is 19.4 Å². The van der Waals surface area contributed by atoms with E-state index in [1.165, 1.54) is 19.2 Å². The fourth-order valence-electron chi connectivity index (χ4n) is 1.66. The van der Waals surface area contributed by atoms with E-state index in [-0.39, 0.29) is 5.75 Å². The average molecular weight is 305 g/mol. The number of nitrogens with one attached hydrogen (secondary N) is 1. The van der Waals surface area contributed by atoms with Crippen LogP contribution < -0.4 is 9.50 Å². The van der Waals surface area contributed by atoms with Gasteiger partial charge in [0.25, 0.3) is 0 Å². The van der Waals surface area contributed by atoms with Crippen LogP contribution in [-0.4, -0.2) is 34.1 Å². The predicted molar refractivity (Wildman–Crippen MR) is 70.3 cm³/mol. The van der Waals surface area contributed by atoms with Crippen molar-refractivity contribution >= 4 is 16.5 Å². The molecule has 0 aromatic heterocycles. The highest BCUT2D eigenvalue weighted by Crippen LogP contribution is 2.16. The molecule has 0 saturated carbocycles. The molecule has 0 spiro atoms. The maximum absolute atomic E-state index is 12.3. The van der Waals surface area contributed by atoms with Crippen LogP contribution in [0.1, 0.15) is 12.5 Å². The largest absolute Gasteiger partial charge is 0.488 e. The highest BCUT2D eigenvalue weighted by molar-refractivity contribution is 7.81. The number of carbonyl (C=O) groups excluding carboxylic acids is 1. The Labute approximate surface area is 117 Å². The van der Waals surface area contributed by atoms with E-state index in [1.807, 2.05) is 6.92 Å². The van der Waals surface area contributed by atoms with Gasteiger partial charge in [-0.25, -0.2) is 0 Å². The average Bonchev–Trinajstić information content (AvgIpc) is 2.38. The van der Waals surface area contributed by atoms with E-state index in [0.29, 0.717) is 13.0 Å². The predicted octanol–water partition coefficient (Wildman–Crippen LogP) is 0.973. The number of benzene rings is 1. The Hall–Kier alpha value is -1.67. The Morgan fingerprint density at radius 1 is 1.35 bits per heavy atom. The number of ether oxygens (including phenoxy) is 1. The molecular formula is C12H16FNO5S. The molecule has 0 amide bonds. The number of halogens is 1. The zero-order valence-corrected chi connectivity index (χ0v) is 11.9. The minimum absolute atomic E-state index is 0.130. The molecule has 112 valence electrons. The quantitative estimate of drug-likeness (QED) is 0.597. The molecule has 1 unspecified atom stereocenters. The summed E-state index contributed by atoms with van der Waals surface area (Å²) in [4.78, 5) is 11.5. The molecule has 0 bridgehead atoms. The molecule has 0 aliphatic heterocycles. The van der Waals surface area contributed by atoms with Gasteiger partial charge in [-0.2, -0.15) is 8.42 Å². The Kier molecular flexibility index (Phi) is 5.90. The van der Waals surface area contributed by atoms with Gasteiger partial charge >= 0.3 is 16.5 Å². The first-order valence-corrected chi connectivity index (χ1v) is 7.20. The van der Waals surface area contributed by atoms with Gasteiger partial charge in [-0.3, -0.25) is 4.79 Å². The number of carbonyl (C=O) groups is 1. The Bertz CT molecular complexity index is 543. The van der Waals surface area contributed by atoms with Gasteiger partial charge in [-0.15, -0.1) is 0 Å².